The van der Waals surface area contributed by atoms with Gasteiger partial charge in [0.15, 0.2) is 0 Å². The Hall–Kier alpha value is -0.310. The van der Waals surface area contributed by atoms with E-state index < -0.39 is 0 Å². The molecule has 0 saturated carbocycles. The molecule has 0 fully saturated rings. The van der Waals surface area contributed by atoms with Crippen LogP contribution in [0.15, 0.2) is 15.7 Å². The molecule has 0 aromatic carbocycles. The minimum absolute atomic E-state index is 0.288. The zero-order valence-electron chi connectivity index (χ0n) is 4.56. The minimum atomic E-state index is 0.288. The van der Waals surface area contributed by atoms with E-state index in [0.29, 0.717) is 0 Å². The highest BCUT2D eigenvalue weighted by Gasteiger charge is 2.03. The number of nitrogens with one attached hydrogen (secondary N) is 1. The summed E-state index contributed by atoms with van der Waals surface area (Å²) in [6, 6.07) is 0.288. The third-order valence-electron chi connectivity index (χ3n) is 0.993. The second kappa shape index (κ2) is 2.31. The Kier molecular flexibility index (Phi) is 1.68. The SMILES string of the molecule is CC1N=CNC=C1Br. The Morgan fingerprint density at radius 1 is 1.88 bits per heavy atom. The number of hydrogen-bond donors (Lipinski definition) is 1. The lowest BCUT2D eigenvalue weighted by Gasteiger charge is -2.08. The van der Waals surface area contributed by atoms with Crippen molar-refractivity contribution in [2.75, 3.05) is 0 Å². The van der Waals surface area contributed by atoms with Crippen LogP contribution in [0.4, 0.5) is 0 Å². The summed E-state index contributed by atoms with van der Waals surface area (Å²) in [6.45, 7) is 2.03. The second-order valence-electron chi connectivity index (χ2n) is 1.65. The summed E-state index contributed by atoms with van der Waals surface area (Å²) in [7, 11) is 0. The molecule has 44 valence electrons. The Balaban J connectivity index is 2.63. The van der Waals surface area contributed by atoms with Gasteiger partial charge in [-0.25, -0.2) is 0 Å². The monoisotopic (exact) mass is 174 g/mol. The van der Waals surface area contributed by atoms with E-state index in [9.17, 15) is 0 Å². The Morgan fingerprint density at radius 3 is 3.00 bits per heavy atom. The first kappa shape index (κ1) is 5.82. The summed E-state index contributed by atoms with van der Waals surface area (Å²) in [5, 5.41) is 2.86. The van der Waals surface area contributed by atoms with Crippen LogP contribution in [0, 0.1) is 0 Å². The molecule has 1 heterocycles. The molecular formula is C5H7BrN2. The van der Waals surface area contributed by atoms with E-state index in [1.807, 2.05) is 13.1 Å². The summed E-state index contributed by atoms with van der Waals surface area (Å²) in [4.78, 5) is 4.06. The van der Waals surface area contributed by atoms with E-state index in [2.05, 4.69) is 26.2 Å². The smallest absolute Gasteiger partial charge is 0.0871 e. The molecule has 0 aromatic rings. The van der Waals surface area contributed by atoms with Gasteiger partial charge in [0.05, 0.1) is 12.4 Å². The number of halogens is 1. The molecule has 0 spiro atoms. The molecular weight excluding hydrogens is 168 g/mol. The van der Waals surface area contributed by atoms with Crippen LogP contribution in [0.5, 0.6) is 0 Å². The zero-order valence-corrected chi connectivity index (χ0v) is 6.14. The molecule has 8 heavy (non-hydrogen) atoms. The fourth-order valence-electron chi connectivity index (χ4n) is 0.464. The molecule has 1 rings (SSSR count). The van der Waals surface area contributed by atoms with E-state index in [1.54, 1.807) is 6.34 Å². The third kappa shape index (κ3) is 1.10. The van der Waals surface area contributed by atoms with Gasteiger partial charge in [0.1, 0.15) is 0 Å². The minimum Gasteiger partial charge on any atom is -0.352 e. The van der Waals surface area contributed by atoms with Gasteiger partial charge in [-0.15, -0.1) is 0 Å². The van der Waals surface area contributed by atoms with Crippen molar-refractivity contribution in [2.24, 2.45) is 4.99 Å². The molecule has 1 N–H and O–H groups in total. The van der Waals surface area contributed by atoms with Gasteiger partial charge in [0, 0.05) is 10.7 Å². The topological polar surface area (TPSA) is 24.4 Å². The van der Waals surface area contributed by atoms with E-state index in [0.717, 1.165) is 4.48 Å². The lowest BCUT2D eigenvalue weighted by atomic mass is 10.3. The first-order valence-corrected chi connectivity index (χ1v) is 3.23. The van der Waals surface area contributed by atoms with Crippen molar-refractivity contribution in [3.05, 3.63) is 10.7 Å². The molecule has 1 aliphatic rings. The maximum atomic E-state index is 4.06. The fraction of sp³-hybridized carbons (Fsp3) is 0.400. The van der Waals surface area contributed by atoms with Crippen molar-refractivity contribution in [3.63, 3.8) is 0 Å². The van der Waals surface area contributed by atoms with Crippen LogP contribution < -0.4 is 5.32 Å². The van der Waals surface area contributed by atoms with Gasteiger partial charge in [0.2, 0.25) is 0 Å². The van der Waals surface area contributed by atoms with E-state index in [4.69, 9.17) is 0 Å². The predicted octanol–water partition coefficient (Wildman–Crippen LogP) is 1.24. The molecule has 0 aromatic heterocycles. The summed E-state index contributed by atoms with van der Waals surface area (Å²) in [6.07, 6.45) is 3.58. The highest BCUT2D eigenvalue weighted by Crippen LogP contribution is 2.13. The van der Waals surface area contributed by atoms with Gasteiger partial charge in [-0.05, 0) is 6.92 Å². The van der Waals surface area contributed by atoms with Crippen molar-refractivity contribution in [1.82, 2.24) is 5.32 Å². The van der Waals surface area contributed by atoms with Gasteiger partial charge in [-0.2, -0.15) is 0 Å². The summed E-state index contributed by atoms with van der Waals surface area (Å²) < 4.78 is 1.10. The van der Waals surface area contributed by atoms with Crippen molar-refractivity contribution >= 4 is 22.3 Å². The standard InChI is InChI=1S/C5H7BrN2/c1-4-5(6)2-7-3-8-4/h2-4H,1H3,(H,7,8). The summed E-state index contributed by atoms with van der Waals surface area (Å²) in [5.41, 5.74) is 0. The quantitative estimate of drug-likeness (QED) is 0.588. The highest BCUT2D eigenvalue weighted by atomic mass is 79.9. The van der Waals surface area contributed by atoms with Crippen LogP contribution in [-0.2, 0) is 0 Å². The lowest BCUT2D eigenvalue weighted by molar-refractivity contribution is 0.886. The molecule has 1 atom stereocenters. The van der Waals surface area contributed by atoms with Gasteiger partial charge >= 0.3 is 0 Å². The Labute approximate surface area is 56.8 Å². The fourth-order valence-corrected chi connectivity index (χ4v) is 0.714. The molecule has 2 nitrogen and oxygen atoms in total. The van der Waals surface area contributed by atoms with Crippen LogP contribution in [-0.4, -0.2) is 12.4 Å². The molecule has 0 saturated heterocycles. The number of aliphatic imine (C=N–C) groups is 1. The predicted molar refractivity (Wildman–Crippen MR) is 38.1 cm³/mol. The van der Waals surface area contributed by atoms with Gasteiger partial charge < -0.3 is 5.32 Å². The molecule has 0 radical (unpaired) electrons. The summed E-state index contributed by atoms with van der Waals surface area (Å²) >= 11 is 3.34. The zero-order chi connectivity index (χ0) is 5.98. The van der Waals surface area contributed by atoms with Crippen LogP contribution in [0.3, 0.4) is 0 Å². The van der Waals surface area contributed by atoms with Crippen LogP contribution in [0.1, 0.15) is 6.92 Å². The van der Waals surface area contributed by atoms with Gasteiger partial charge in [-0.3, -0.25) is 4.99 Å². The van der Waals surface area contributed by atoms with E-state index >= 15 is 0 Å². The van der Waals surface area contributed by atoms with Gasteiger partial charge in [0.25, 0.3) is 0 Å². The Bertz CT molecular complexity index is 139. The third-order valence-corrected chi connectivity index (χ3v) is 1.88. The first-order chi connectivity index (χ1) is 3.80. The molecule has 3 heteroatoms. The normalized spacial score (nSPS) is 26.8. The van der Waals surface area contributed by atoms with Crippen molar-refractivity contribution in [2.45, 2.75) is 13.0 Å². The average Bonchev–Trinajstić information content (AvgIpc) is 1.77. The maximum absolute atomic E-state index is 4.06. The second-order valence-corrected chi connectivity index (χ2v) is 2.57. The van der Waals surface area contributed by atoms with Gasteiger partial charge in [-0.1, -0.05) is 15.9 Å². The molecule has 1 unspecified atom stereocenters. The number of hydrogen-bond acceptors (Lipinski definition) is 2. The molecule has 0 bridgehead atoms. The average molecular weight is 175 g/mol. The van der Waals surface area contributed by atoms with Crippen LogP contribution in [0.2, 0.25) is 0 Å². The molecule has 0 aliphatic carbocycles. The maximum Gasteiger partial charge on any atom is 0.0871 e. The molecule has 0 amide bonds. The van der Waals surface area contributed by atoms with Crippen molar-refractivity contribution in [1.29, 1.82) is 0 Å². The molecule has 1 aliphatic heterocycles. The van der Waals surface area contributed by atoms with Crippen molar-refractivity contribution in [3.8, 4) is 0 Å². The first-order valence-electron chi connectivity index (χ1n) is 2.44. The number of nitrogens with zero attached hydrogens (tertiary/aromatic N) is 1. The van der Waals surface area contributed by atoms with Crippen molar-refractivity contribution < 1.29 is 0 Å². The highest BCUT2D eigenvalue weighted by molar-refractivity contribution is 9.11. The largest absolute Gasteiger partial charge is 0.352 e. The van der Waals surface area contributed by atoms with E-state index in [1.165, 1.54) is 0 Å². The lowest BCUT2D eigenvalue weighted by Crippen LogP contribution is -2.13. The van der Waals surface area contributed by atoms with Crippen LogP contribution in [0.25, 0.3) is 0 Å². The number of rotatable bonds is 0. The van der Waals surface area contributed by atoms with Crippen LogP contribution >= 0.6 is 15.9 Å². The van der Waals surface area contributed by atoms with E-state index in [-0.39, 0.29) is 6.04 Å². The summed E-state index contributed by atoms with van der Waals surface area (Å²) in [5.74, 6) is 0. The Morgan fingerprint density at radius 2 is 2.62 bits per heavy atom.